The Bertz CT molecular complexity index is 354. The quantitative estimate of drug-likeness (QED) is 0.754. The van der Waals surface area contributed by atoms with E-state index < -0.39 is 17.9 Å². The summed E-state index contributed by atoms with van der Waals surface area (Å²) in [5, 5.41) is 17.8. The molecule has 14 heavy (non-hydrogen) atoms. The van der Waals surface area contributed by atoms with Crippen molar-refractivity contribution in [3.63, 3.8) is 0 Å². The fraction of sp³-hybridized carbons (Fsp3) is 0.222. The van der Waals surface area contributed by atoms with Crippen molar-refractivity contribution >= 4 is 17.7 Å². The first-order valence-electron chi connectivity index (χ1n) is 3.81. The van der Waals surface area contributed by atoms with E-state index in [0.717, 1.165) is 6.07 Å². The molecular weight excluding hydrogens is 207 g/mol. The third-order valence-corrected chi connectivity index (χ3v) is 2.54. The number of hydrogen-bond donors (Lipinski definition) is 2. The van der Waals surface area contributed by atoms with Crippen LogP contribution >= 0.6 is 11.8 Å². The lowest BCUT2D eigenvalue weighted by Gasteiger charge is -2.11. The number of aliphatic hydroxyl groups excluding tert-OH is 1. The van der Waals surface area contributed by atoms with E-state index in [4.69, 9.17) is 5.11 Å². The van der Waals surface area contributed by atoms with Crippen LogP contribution in [-0.4, -0.2) is 22.4 Å². The zero-order valence-electron chi connectivity index (χ0n) is 7.40. The van der Waals surface area contributed by atoms with Crippen LogP contribution in [0.5, 0.6) is 0 Å². The summed E-state index contributed by atoms with van der Waals surface area (Å²) in [4.78, 5) is 10.9. The molecule has 1 aromatic carbocycles. The predicted octanol–water partition coefficient (Wildman–Crippen LogP) is 1.67. The Morgan fingerprint density at radius 2 is 2.21 bits per heavy atom. The number of carbonyl (C=O) groups is 1. The van der Waals surface area contributed by atoms with Crippen LogP contribution in [-0.2, 0) is 4.79 Å². The van der Waals surface area contributed by atoms with Crippen molar-refractivity contribution in [2.24, 2.45) is 0 Å². The molecule has 0 fully saturated rings. The molecule has 0 aliphatic carbocycles. The zero-order valence-corrected chi connectivity index (χ0v) is 8.21. The van der Waals surface area contributed by atoms with Crippen molar-refractivity contribution in [1.82, 2.24) is 0 Å². The van der Waals surface area contributed by atoms with E-state index >= 15 is 0 Å². The maximum Gasteiger partial charge on any atom is 0.337 e. The summed E-state index contributed by atoms with van der Waals surface area (Å²) in [6, 6.07) is 4.16. The maximum absolute atomic E-state index is 13.2. The molecule has 1 unspecified atom stereocenters. The van der Waals surface area contributed by atoms with Gasteiger partial charge in [0, 0.05) is 10.5 Å². The van der Waals surface area contributed by atoms with Crippen molar-refractivity contribution in [3.05, 3.63) is 29.6 Å². The van der Waals surface area contributed by atoms with Gasteiger partial charge in [-0.3, -0.25) is 0 Å². The molecule has 0 spiro atoms. The minimum atomic E-state index is -1.81. The van der Waals surface area contributed by atoms with Gasteiger partial charge in [-0.25, -0.2) is 9.18 Å². The summed E-state index contributed by atoms with van der Waals surface area (Å²) in [6.07, 6.45) is -0.119. The highest BCUT2D eigenvalue weighted by Crippen LogP contribution is 2.28. The van der Waals surface area contributed by atoms with Crippen LogP contribution in [0.4, 0.5) is 4.39 Å². The largest absolute Gasteiger partial charge is 0.479 e. The highest BCUT2D eigenvalue weighted by atomic mass is 32.2. The SMILES string of the molecule is CSc1cccc(F)c1C(O)C(=O)O. The second-order valence-electron chi connectivity index (χ2n) is 2.60. The number of benzene rings is 1. The molecule has 1 rings (SSSR count). The molecule has 5 heteroatoms. The Hall–Kier alpha value is -1.07. The molecule has 0 bridgehead atoms. The summed E-state index contributed by atoms with van der Waals surface area (Å²) in [6.45, 7) is 0. The Balaban J connectivity index is 3.23. The second kappa shape index (κ2) is 4.43. The summed E-state index contributed by atoms with van der Waals surface area (Å²) >= 11 is 1.19. The Morgan fingerprint density at radius 1 is 1.57 bits per heavy atom. The number of aliphatic hydroxyl groups is 1. The van der Waals surface area contributed by atoms with Gasteiger partial charge in [0.05, 0.1) is 0 Å². The fourth-order valence-corrected chi connectivity index (χ4v) is 1.73. The minimum Gasteiger partial charge on any atom is -0.479 e. The van der Waals surface area contributed by atoms with Crippen LogP contribution < -0.4 is 0 Å². The number of hydrogen-bond acceptors (Lipinski definition) is 3. The average Bonchev–Trinajstić information content (AvgIpc) is 2.16. The van der Waals surface area contributed by atoms with Crippen LogP contribution in [0.3, 0.4) is 0 Å². The topological polar surface area (TPSA) is 57.5 Å². The number of thioether (sulfide) groups is 1. The van der Waals surface area contributed by atoms with E-state index in [0.29, 0.717) is 4.90 Å². The van der Waals surface area contributed by atoms with Gasteiger partial charge < -0.3 is 10.2 Å². The van der Waals surface area contributed by atoms with Crippen LogP contribution in [0.15, 0.2) is 23.1 Å². The van der Waals surface area contributed by atoms with Gasteiger partial charge in [0.2, 0.25) is 0 Å². The molecule has 0 radical (unpaired) electrons. The molecule has 1 aromatic rings. The number of rotatable bonds is 3. The highest BCUT2D eigenvalue weighted by Gasteiger charge is 2.22. The molecule has 0 aliphatic rings. The van der Waals surface area contributed by atoms with Crippen molar-refractivity contribution in [3.8, 4) is 0 Å². The first kappa shape index (κ1) is 11.0. The summed E-state index contributed by atoms with van der Waals surface area (Å²) in [5.74, 6) is -2.16. The third kappa shape index (κ3) is 2.05. The maximum atomic E-state index is 13.2. The lowest BCUT2D eigenvalue weighted by atomic mass is 10.1. The van der Waals surface area contributed by atoms with Crippen LogP contribution in [0.25, 0.3) is 0 Å². The lowest BCUT2D eigenvalue weighted by Crippen LogP contribution is -2.13. The summed E-state index contributed by atoms with van der Waals surface area (Å²) < 4.78 is 13.2. The highest BCUT2D eigenvalue weighted by molar-refractivity contribution is 7.98. The van der Waals surface area contributed by atoms with Gasteiger partial charge in [0.25, 0.3) is 0 Å². The zero-order chi connectivity index (χ0) is 10.7. The number of carboxylic acid groups (broad SMARTS) is 1. The summed E-state index contributed by atoms with van der Waals surface area (Å²) in [5.41, 5.74) is -0.174. The van der Waals surface area contributed by atoms with Crippen molar-refractivity contribution in [2.75, 3.05) is 6.26 Å². The monoisotopic (exact) mass is 216 g/mol. The number of halogens is 1. The molecule has 0 saturated carbocycles. The van der Waals surface area contributed by atoms with Gasteiger partial charge in [-0.1, -0.05) is 6.07 Å². The normalized spacial score (nSPS) is 12.5. The van der Waals surface area contributed by atoms with Gasteiger partial charge in [-0.15, -0.1) is 11.8 Å². The van der Waals surface area contributed by atoms with Crippen molar-refractivity contribution in [2.45, 2.75) is 11.0 Å². The van der Waals surface area contributed by atoms with Gasteiger partial charge >= 0.3 is 5.97 Å². The molecule has 2 N–H and O–H groups in total. The predicted molar refractivity (Wildman–Crippen MR) is 50.8 cm³/mol. The van der Waals surface area contributed by atoms with E-state index in [1.807, 2.05) is 0 Å². The van der Waals surface area contributed by atoms with Gasteiger partial charge in [0.15, 0.2) is 6.10 Å². The van der Waals surface area contributed by atoms with Gasteiger partial charge in [-0.2, -0.15) is 0 Å². The van der Waals surface area contributed by atoms with Gasteiger partial charge in [-0.05, 0) is 18.4 Å². The van der Waals surface area contributed by atoms with Crippen LogP contribution in [0, 0.1) is 5.82 Å². The van der Waals surface area contributed by atoms with Crippen molar-refractivity contribution in [1.29, 1.82) is 0 Å². The minimum absolute atomic E-state index is 0.174. The first-order valence-corrected chi connectivity index (χ1v) is 5.03. The van der Waals surface area contributed by atoms with E-state index in [9.17, 15) is 14.3 Å². The molecule has 0 saturated heterocycles. The van der Waals surface area contributed by atoms with E-state index in [1.165, 1.54) is 17.8 Å². The lowest BCUT2D eigenvalue weighted by molar-refractivity contribution is -0.147. The molecule has 0 amide bonds. The van der Waals surface area contributed by atoms with E-state index in [-0.39, 0.29) is 5.56 Å². The van der Waals surface area contributed by atoms with E-state index in [1.54, 1.807) is 12.3 Å². The average molecular weight is 216 g/mol. The molecule has 1 atom stereocenters. The summed E-state index contributed by atoms with van der Waals surface area (Å²) in [7, 11) is 0. The van der Waals surface area contributed by atoms with Crippen LogP contribution in [0.1, 0.15) is 11.7 Å². The molecule has 0 aromatic heterocycles. The molecule has 3 nitrogen and oxygen atoms in total. The molecule has 76 valence electrons. The molecule has 0 heterocycles. The third-order valence-electron chi connectivity index (χ3n) is 1.74. The second-order valence-corrected chi connectivity index (χ2v) is 3.44. The standard InChI is InChI=1S/C9H9FO3S/c1-14-6-4-2-3-5(10)7(6)8(11)9(12)13/h2-4,8,11H,1H3,(H,12,13). The van der Waals surface area contributed by atoms with Crippen LogP contribution in [0.2, 0.25) is 0 Å². The van der Waals surface area contributed by atoms with Crippen molar-refractivity contribution < 1.29 is 19.4 Å². The van der Waals surface area contributed by atoms with Gasteiger partial charge in [0.1, 0.15) is 5.82 Å². The fourth-order valence-electron chi connectivity index (χ4n) is 1.08. The van der Waals surface area contributed by atoms with E-state index in [2.05, 4.69) is 0 Å². The molecular formula is C9H9FO3S. The Kier molecular flexibility index (Phi) is 3.49. The number of carboxylic acids is 1. The Labute approximate surface area is 84.6 Å². The molecule has 0 aliphatic heterocycles. The number of aliphatic carboxylic acids is 1. The Morgan fingerprint density at radius 3 is 2.71 bits per heavy atom. The smallest absolute Gasteiger partial charge is 0.337 e. The first-order chi connectivity index (χ1) is 6.57.